The molecule has 1 heteroatoms. The van der Waals surface area contributed by atoms with E-state index in [4.69, 9.17) is 5.26 Å². The average Bonchev–Trinajstić information content (AvgIpc) is 2.10. The van der Waals surface area contributed by atoms with Gasteiger partial charge in [-0.15, -0.1) is 0 Å². The van der Waals surface area contributed by atoms with Crippen LogP contribution in [0.5, 0.6) is 0 Å². The molecule has 0 fully saturated rings. The van der Waals surface area contributed by atoms with Crippen LogP contribution in [0.15, 0.2) is 22.8 Å². The summed E-state index contributed by atoms with van der Waals surface area (Å²) in [5.74, 6) is 6.62. The predicted molar refractivity (Wildman–Crippen MR) is 58.2 cm³/mol. The molecule has 0 aromatic heterocycles. The van der Waals surface area contributed by atoms with Crippen LogP contribution in [0, 0.1) is 29.1 Å². The Hall–Kier alpha value is -1.47. The topological polar surface area (TPSA) is 23.8 Å². The fourth-order valence-corrected chi connectivity index (χ4v) is 1.46. The smallest absolute Gasteiger partial charge is 0.0991 e. The first-order valence-corrected chi connectivity index (χ1v) is 4.91. The highest BCUT2D eigenvalue weighted by Crippen LogP contribution is 2.21. The molecule has 1 rings (SSSR count). The van der Waals surface area contributed by atoms with Crippen LogP contribution in [0.2, 0.25) is 0 Å². The SMILES string of the molecule is C/C1=C\C(C#N)=C(\C(C)C)CC#CC1. The van der Waals surface area contributed by atoms with Crippen molar-refractivity contribution in [1.82, 2.24) is 0 Å². The molecule has 14 heavy (non-hydrogen) atoms. The number of allylic oxidation sites excluding steroid dienone is 4. The summed E-state index contributed by atoms with van der Waals surface area (Å²) in [4.78, 5) is 0. The molecular formula is C13H15N. The molecule has 0 bridgehead atoms. The molecule has 0 unspecified atom stereocenters. The highest BCUT2D eigenvalue weighted by atomic mass is 14.3. The minimum Gasteiger partial charge on any atom is -0.192 e. The first kappa shape index (κ1) is 10.6. The first-order chi connectivity index (χ1) is 6.65. The van der Waals surface area contributed by atoms with E-state index in [1.165, 1.54) is 11.1 Å². The molecule has 0 radical (unpaired) electrons. The Morgan fingerprint density at radius 1 is 1.36 bits per heavy atom. The average molecular weight is 185 g/mol. The molecule has 0 spiro atoms. The zero-order chi connectivity index (χ0) is 10.6. The number of nitriles is 1. The fraction of sp³-hybridized carbons (Fsp3) is 0.462. The van der Waals surface area contributed by atoms with E-state index in [2.05, 4.69) is 31.8 Å². The van der Waals surface area contributed by atoms with E-state index >= 15 is 0 Å². The Bertz CT molecular complexity index is 378. The van der Waals surface area contributed by atoms with Gasteiger partial charge in [0.1, 0.15) is 0 Å². The summed E-state index contributed by atoms with van der Waals surface area (Å²) in [5.41, 5.74) is 3.15. The summed E-state index contributed by atoms with van der Waals surface area (Å²) in [6.45, 7) is 6.24. The minimum atomic E-state index is 0.404. The Morgan fingerprint density at radius 2 is 2.00 bits per heavy atom. The molecule has 72 valence electrons. The summed E-state index contributed by atoms with van der Waals surface area (Å²) in [5, 5.41) is 9.04. The fourth-order valence-electron chi connectivity index (χ4n) is 1.46. The van der Waals surface area contributed by atoms with Crippen LogP contribution >= 0.6 is 0 Å². The van der Waals surface area contributed by atoms with Gasteiger partial charge in [-0.1, -0.05) is 31.3 Å². The van der Waals surface area contributed by atoms with Crippen LogP contribution in [0.1, 0.15) is 33.6 Å². The summed E-state index contributed by atoms with van der Waals surface area (Å²) >= 11 is 0. The maximum absolute atomic E-state index is 9.04. The van der Waals surface area contributed by atoms with Crippen molar-refractivity contribution < 1.29 is 0 Å². The van der Waals surface area contributed by atoms with Gasteiger partial charge in [0.05, 0.1) is 11.6 Å². The monoisotopic (exact) mass is 185 g/mol. The van der Waals surface area contributed by atoms with Gasteiger partial charge in [0, 0.05) is 12.8 Å². The summed E-state index contributed by atoms with van der Waals surface area (Å²) < 4.78 is 0. The van der Waals surface area contributed by atoms with Crippen LogP contribution in [0.25, 0.3) is 0 Å². The van der Waals surface area contributed by atoms with Crippen molar-refractivity contribution in [2.24, 2.45) is 5.92 Å². The lowest BCUT2D eigenvalue weighted by Crippen LogP contribution is -1.99. The van der Waals surface area contributed by atoms with E-state index in [1.807, 2.05) is 13.0 Å². The molecule has 0 saturated carbocycles. The molecule has 0 atom stereocenters. The zero-order valence-electron chi connectivity index (χ0n) is 9.02. The van der Waals surface area contributed by atoms with E-state index in [1.54, 1.807) is 0 Å². The van der Waals surface area contributed by atoms with Crippen molar-refractivity contribution in [1.29, 1.82) is 5.26 Å². The number of rotatable bonds is 1. The Balaban J connectivity index is 3.18. The third-order valence-corrected chi connectivity index (χ3v) is 2.33. The van der Waals surface area contributed by atoms with Crippen molar-refractivity contribution >= 4 is 0 Å². The standard InChI is InChI=1S/C13H15N/c1-10(2)13-7-5-4-6-11(3)8-12(13)9-14/h8,10H,6-7H2,1-3H3/b11-8+,13-12-. The van der Waals surface area contributed by atoms with E-state index in [0.29, 0.717) is 5.92 Å². The quantitative estimate of drug-likeness (QED) is 0.575. The maximum Gasteiger partial charge on any atom is 0.0991 e. The molecule has 1 nitrogen and oxygen atoms in total. The van der Waals surface area contributed by atoms with Gasteiger partial charge in [-0.05, 0) is 24.5 Å². The summed E-state index contributed by atoms with van der Waals surface area (Å²) in [6.07, 6.45) is 3.50. The second-order valence-electron chi connectivity index (χ2n) is 3.90. The molecule has 1 aliphatic carbocycles. The van der Waals surface area contributed by atoms with Crippen molar-refractivity contribution in [3.8, 4) is 17.9 Å². The largest absolute Gasteiger partial charge is 0.192 e. The lowest BCUT2D eigenvalue weighted by Gasteiger charge is -2.11. The van der Waals surface area contributed by atoms with Gasteiger partial charge in [-0.2, -0.15) is 5.26 Å². The Morgan fingerprint density at radius 3 is 2.57 bits per heavy atom. The minimum absolute atomic E-state index is 0.404. The molecule has 0 aromatic rings. The molecule has 0 saturated heterocycles. The van der Waals surface area contributed by atoms with Gasteiger partial charge < -0.3 is 0 Å². The second-order valence-corrected chi connectivity index (χ2v) is 3.90. The number of nitrogens with zero attached hydrogens (tertiary/aromatic N) is 1. The molecule has 0 amide bonds. The second kappa shape index (κ2) is 4.68. The van der Waals surface area contributed by atoms with Crippen LogP contribution < -0.4 is 0 Å². The third kappa shape index (κ3) is 2.51. The molecule has 0 N–H and O–H groups in total. The zero-order valence-corrected chi connectivity index (χ0v) is 9.02. The lowest BCUT2D eigenvalue weighted by molar-refractivity contribution is 0.745. The first-order valence-electron chi connectivity index (χ1n) is 4.91. The van der Waals surface area contributed by atoms with E-state index < -0.39 is 0 Å². The van der Waals surface area contributed by atoms with E-state index in [0.717, 1.165) is 18.4 Å². The van der Waals surface area contributed by atoms with Crippen molar-refractivity contribution in [3.05, 3.63) is 22.8 Å². The van der Waals surface area contributed by atoms with Gasteiger partial charge >= 0.3 is 0 Å². The van der Waals surface area contributed by atoms with Gasteiger partial charge in [0.2, 0.25) is 0 Å². The predicted octanol–water partition coefficient (Wildman–Crippen LogP) is 3.21. The summed E-state index contributed by atoms with van der Waals surface area (Å²) in [6, 6.07) is 2.27. The Kier molecular flexibility index (Phi) is 3.55. The van der Waals surface area contributed by atoms with E-state index in [-0.39, 0.29) is 0 Å². The van der Waals surface area contributed by atoms with Crippen molar-refractivity contribution in [2.45, 2.75) is 33.6 Å². The van der Waals surface area contributed by atoms with Gasteiger partial charge in [-0.25, -0.2) is 0 Å². The highest BCUT2D eigenvalue weighted by Gasteiger charge is 2.09. The van der Waals surface area contributed by atoms with Crippen molar-refractivity contribution in [3.63, 3.8) is 0 Å². The normalized spacial score (nSPS) is 25.2. The number of hydrogen-bond acceptors (Lipinski definition) is 1. The van der Waals surface area contributed by atoms with Crippen LogP contribution in [0.3, 0.4) is 0 Å². The Labute approximate surface area is 86.1 Å². The van der Waals surface area contributed by atoms with Crippen molar-refractivity contribution in [2.75, 3.05) is 0 Å². The van der Waals surface area contributed by atoms with Crippen LogP contribution in [-0.2, 0) is 0 Å². The highest BCUT2D eigenvalue weighted by molar-refractivity contribution is 5.43. The van der Waals surface area contributed by atoms with Gasteiger partial charge in [0.15, 0.2) is 0 Å². The molecule has 0 heterocycles. The maximum atomic E-state index is 9.04. The lowest BCUT2D eigenvalue weighted by atomic mass is 9.92. The van der Waals surface area contributed by atoms with E-state index in [9.17, 15) is 0 Å². The third-order valence-electron chi connectivity index (χ3n) is 2.33. The van der Waals surface area contributed by atoms with Crippen LogP contribution in [0.4, 0.5) is 0 Å². The molecule has 0 aromatic carbocycles. The molecule has 0 aliphatic heterocycles. The number of hydrogen-bond donors (Lipinski definition) is 0. The molecule has 1 aliphatic rings. The van der Waals surface area contributed by atoms with Gasteiger partial charge in [0.25, 0.3) is 0 Å². The molecular weight excluding hydrogens is 170 g/mol. The van der Waals surface area contributed by atoms with Gasteiger partial charge in [-0.3, -0.25) is 0 Å². The van der Waals surface area contributed by atoms with Crippen LogP contribution in [-0.4, -0.2) is 0 Å². The summed E-state index contributed by atoms with van der Waals surface area (Å²) in [7, 11) is 0.